The van der Waals surface area contributed by atoms with Crippen molar-refractivity contribution >= 4 is 11.4 Å². The first-order chi connectivity index (χ1) is 8.86. The van der Waals surface area contributed by atoms with Crippen molar-refractivity contribution in [2.75, 3.05) is 11.9 Å². The molecule has 0 saturated carbocycles. The van der Waals surface area contributed by atoms with Crippen LogP contribution >= 0.6 is 0 Å². The van der Waals surface area contributed by atoms with E-state index in [9.17, 15) is 24.0 Å². The molecule has 0 aliphatic carbocycles. The van der Waals surface area contributed by atoms with Gasteiger partial charge in [-0.2, -0.15) is 0 Å². The van der Waals surface area contributed by atoms with Crippen molar-refractivity contribution in [2.45, 2.75) is 26.3 Å². The summed E-state index contributed by atoms with van der Waals surface area (Å²) in [5.74, 6) is 0.0331. The number of nitro groups is 1. The molecule has 0 aliphatic rings. The van der Waals surface area contributed by atoms with Gasteiger partial charge in [0, 0.05) is 23.4 Å². The van der Waals surface area contributed by atoms with Gasteiger partial charge in [-0.3, -0.25) is 10.1 Å². The van der Waals surface area contributed by atoms with Crippen LogP contribution in [0.15, 0.2) is 18.2 Å². The molecule has 2 N–H and O–H groups in total. The minimum atomic E-state index is -2.83. The summed E-state index contributed by atoms with van der Waals surface area (Å²) >= 11 is 0. The lowest BCUT2D eigenvalue weighted by Gasteiger charge is -2.22. The molecule has 0 saturated heterocycles. The van der Waals surface area contributed by atoms with Gasteiger partial charge < -0.3 is 10.4 Å². The fourth-order valence-electron chi connectivity index (χ4n) is 1.60. The Bertz CT molecular complexity index is 453. The van der Waals surface area contributed by atoms with Crippen LogP contribution in [0.3, 0.4) is 0 Å². The van der Waals surface area contributed by atoms with Gasteiger partial charge in [0.2, 0.25) is 0 Å². The molecule has 0 aliphatic heterocycles. The second kappa shape index (κ2) is 6.42. The SMILES string of the molecule is CC(C)[C@@H](CO)Nc1ccc([N+](=O)[O-])cc1C(F)F. The summed E-state index contributed by atoms with van der Waals surface area (Å²) in [4.78, 5) is 9.85. The number of nitro benzene ring substituents is 1. The van der Waals surface area contributed by atoms with E-state index in [-0.39, 0.29) is 29.9 Å². The molecule has 1 aromatic rings. The standard InChI is InChI=1S/C12H16F2N2O3/c1-7(2)11(6-17)15-10-4-3-8(16(18)19)5-9(10)12(13)14/h3-5,7,11-12,15,17H,6H2,1-2H3/t11-/m1/s1. The zero-order chi connectivity index (χ0) is 14.6. The molecule has 0 bridgehead atoms. The second-order valence-electron chi connectivity index (χ2n) is 4.51. The van der Waals surface area contributed by atoms with Crippen molar-refractivity contribution in [1.82, 2.24) is 0 Å². The number of aliphatic hydroxyl groups is 1. The molecule has 5 nitrogen and oxygen atoms in total. The highest BCUT2D eigenvalue weighted by Gasteiger charge is 2.20. The van der Waals surface area contributed by atoms with E-state index in [4.69, 9.17) is 0 Å². The third kappa shape index (κ3) is 3.85. The van der Waals surface area contributed by atoms with Crippen molar-refractivity contribution in [2.24, 2.45) is 5.92 Å². The topological polar surface area (TPSA) is 75.4 Å². The highest BCUT2D eigenvalue weighted by Crippen LogP contribution is 2.31. The normalized spacial score (nSPS) is 12.8. The third-order valence-electron chi connectivity index (χ3n) is 2.82. The molecular weight excluding hydrogens is 258 g/mol. The Morgan fingerprint density at radius 2 is 2.05 bits per heavy atom. The van der Waals surface area contributed by atoms with Crippen LogP contribution in [0.1, 0.15) is 25.8 Å². The van der Waals surface area contributed by atoms with Crippen LogP contribution in [-0.2, 0) is 0 Å². The van der Waals surface area contributed by atoms with E-state index in [2.05, 4.69) is 5.32 Å². The van der Waals surface area contributed by atoms with Crippen LogP contribution in [0.25, 0.3) is 0 Å². The number of nitrogens with one attached hydrogen (secondary N) is 1. The molecule has 0 aromatic heterocycles. The fourth-order valence-corrected chi connectivity index (χ4v) is 1.60. The zero-order valence-electron chi connectivity index (χ0n) is 10.6. The first-order valence-corrected chi connectivity index (χ1v) is 5.80. The molecule has 1 atom stereocenters. The number of hydrogen-bond acceptors (Lipinski definition) is 4. The van der Waals surface area contributed by atoms with E-state index < -0.39 is 16.9 Å². The first-order valence-electron chi connectivity index (χ1n) is 5.80. The maximum absolute atomic E-state index is 12.9. The van der Waals surface area contributed by atoms with Gasteiger partial charge in [0.15, 0.2) is 0 Å². The van der Waals surface area contributed by atoms with Gasteiger partial charge in [-0.05, 0) is 12.0 Å². The maximum atomic E-state index is 12.9. The van der Waals surface area contributed by atoms with Gasteiger partial charge in [-0.1, -0.05) is 13.8 Å². The largest absolute Gasteiger partial charge is 0.394 e. The monoisotopic (exact) mass is 274 g/mol. The molecule has 19 heavy (non-hydrogen) atoms. The molecule has 7 heteroatoms. The number of nitrogens with zero attached hydrogens (tertiary/aromatic N) is 1. The van der Waals surface area contributed by atoms with Crippen molar-refractivity contribution in [1.29, 1.82) is 0 Å². The Hall–Kier alpha value is -1.76. The van der Waals surface area contributed by atoms with Crippen molar-refractivity contribution in [3.8, 4) is 0 Å². The van der Waals surface area contributed by atoms with Gasteiger partial charge in [0.25, 0.3) is 12.1 Å². The number of benzene rings is 1. The van der Waals surface area contributed by atoms with Crippen molar-refractivity contribution in [3.63, 3.8) is 0 Å². The molecule has 0 fully saturated rings. The van der Waals surface area contributed by atoms with E-state index in [0.717, 1.165) is 12.1 Å². The minimum Gasteiger partial charge on any atom is -0.394 e. The number of halogens is 2. The Morgan fingerprint density at radius 3 is 2.47 bits per heavy atom. The molecule has 0 heterocycles. The molecule has 0 spiro atoms. The lowest BCUT2D eigenvalue weighted by atomic mass is 10.0. The summed E-state index contributed by atoms with van der Waals surface area (Å²) in [6.45, 7) is 3.46. The van der Waals surface area contributed by atoms with Gasteiger partial charge in [-0.15, -0.1) is 0 Å². The number of alkyl halides is 2. The van der Waals surface area contributed by atoms with Gasteiger partial charge >= 0.3 is 0 Å². The predicted octanol–water partition coefficient (Wildman–Crippen LogP) is 2.96. The molecular formula is C12H16F2N2O3. The van der Waals surface area contributed by atoms with E-state index in [1.165, 1.54) is 6.07 Å². The van der Waals surface area contributed by atoms with Crippen LogP contribution in [0.2, 0.25) is 0 Å². The summed E-state index contributed by atoms with van der Waals surface area (Å²) in [6.07, 6.45) is -2.83. The Balaban J connectivity index is 3.09. The first kappa shape index (κ1) is 15.3. The zero-order valence-corrected chi connectivity index (χ0v) is 10.6. The fraction of sp³-hybridized carbons (Fsp3) is 0.500. The minimum absolute atomic E-state index is 0.0331. The number of hydrogen-bond donors (Lipinski definition) is 2. The average Bonchev–Trinajstić information content (AvgIpc) is 2.35. The molecule has 0 amide bonds. The highest BCUT2D eigenvalue weighted by molar-refractivity contribution is 5.57. The number of rotatable bonds is 6. The Kier molecular flexibility index (Phi) is 5.17. The summed E-state index contributed by atoms with van der Waals surface area (Å²) in [5, 5.41) is 22.5. The van der Waals surface area contributed by atoms with Gasteiger partial charge in [0.1, 0.15) is 0 Å². The van der Waals surface area contributed by atoms with Crippen LogP contribution < -0.4 is 5.32 Å². The predicted molar refractivity (Wildman–Crippen MR) is 67.4 cm³/mol. The summed E-state index contributed by atoms with van der Waals surface area (Å²) in [6, 6.07) is 2.86. The Morgan fingerprint density at radius 1 is 1.42 bits per heavy atom. The maximum Gasteiger partial charge on any atom is 0.270 e. The van der Waals surface area contributed by atoms with Crippen molar-refractivity contribution in [3.05, 3.63) is 33.9 Å². The van der Waals surface area contributed by atoms with Crippen LogP contribution in [0, 0.1) is 16.0 Å². The van der Waals surface area contributed by atoms with Gasteiger partial charge in [0.05, 0.1) is 17.6 Å². The molecule has 1 rings (SSSR count). The van der Waals surface area contributed by atoms with E-state index >= 15 is 0 Å². The van der Waals surface area contributed by atoms with Crippen LogP contribution in [-0.4, -0.2) is 22.7 Å². The lowest BCUT2D eigenvalue weighted by Crippen LogP contribution is -2.29. The number of aliphatic hydroxyl groups excluding tert-OH is 1. The van der Waals surface area contributed by atoms with Crippen LogP contribution in [0.5, 0.6) is 0 Å². The molecule has 106 valence electrons. The Labute approximate surface area is 109 Å². The van der Waals surface area contributed by atoms with E-state index in [1.54, 1.807) is 0 Å². The van der Waals surface area contributed by atoms with Gasteiger partial charge in [-0.25, -0.2) is 8.78 Å². The second-order valence-corrected chi connectivity index (χ2v) is 4.51. The van der Waals surface area contributed by atoms with Crippen molar-refractivity contribution < 1.29 is 18.8 Å². The molecule has 0 unspecified atom stereocenters. The highest BCUT2D eigenvalue weighted by atomic mass is 19.3. The molecule has 1 aromatic carbocycles. The van der Waals surface area contributed by atoms with Crippen LogP contribution in [0.4, 0.5) is 20.2 Å². The van der Waals surface area contributed by atoms with E-state index in [0.29, 0.717) is 0 Å². The summed E-state index contributed by atoms with van der Waals surface area (Å²) in [7, 11) is 0. The quantitative estimate of drug-likeness (QED) is 0.617. The lowest BCUT2D eigenvalue weighted by molar-refractivity contribution is -0.385. The summed E-state index contributed by atoms with van der Waals surface area (Å²) < 4.78 is 25.8. The summed E-state index contributed by atoms with van der Waals surface area (Å²) in [5.41, 5.74) is -0.715. The molecule has 0 radical (unpaired) electrons. The number of anilines is 1. The van der Waals surface area contributed by atoms with E-state index in [1.807, 2.05) is 13.8 Å². The smallest absolute Gasteiger partial charge is 0.270 e. The average molecular weight is 274 g/mol. The number of non-ortho nitro benzene ring substituents is 1. The third-order valence-corrected chi connectivity index (χ3v) is 2.82.